The van der Waals surface area contributed by atoms with Crippen LogP contribution in [0.2, 0.25) is 0 Å². The zero-order valence-electron chi connectivity index (χ0n) is 10.8. The highest BCUT2D eigenvalue weighted by atomic mass is 16.5. The first-order chi connectivity index (χ1) is 9.54. The number of aromatic nitrogens is 4. The fourth-order valence-electron chi connectivity index (χ4n) is 1.45. The quantitative estimate of drug-likeness (QED) is 0.445. The lowest BCUT2D eigenvalue weighted by Crippen LogP contribution is -2.39. The van der Waals surface area contributed by atoms with Gasteiger partial charge in [0.05, 0.1) is 7.11 Å². The third-order valence-electron chi connectivity index (χ3n) is 2.44. The minimum absolute atomic E-state index is 0.186. The second-order valence-electron chi connectivity index (χ2n) is 3.73. The molecule has 2 N–H and O–H groups in total. The number of nitrogens with zero attached hydrogens (tertiary/aromatic N) is 5. The first-order valence-electron chi connectivity index (χ1n) is 5.55. The van der Waals surface area contributed by atoms with Gasteiger partial charge in [0.15, 0.2) is 11.6 Å². The van der Waals surface area contributed by atoms with Gasteiger partial charge in [-0.25, -0.2) is 30.2 Å². The van der Waals surface area contributed by atoms with Gasteiger partial charge >= 0.3 is 5.69 Å². The number of methoxy groups -OCH3 is 1. The van der Waals surface area contributed by atoms with Crippen molar-refractivity contribution in [1.82, 2.24) is 19.5 Å². The van der Waals surface area contributed by atoms with Crippen LogP contribution in [0.3, 0.4) is 0 Å². The van der Waals surface area contributed by atoms with E-state index in [-0.39, 0.29) is 11.8 Å². The summed E-state index contributed by atoms with van der Waals surface area (Å²) in [6.07, 6.45) is 2.68. The van der Waals surface area contributed by atoms with Crippen molar-refractivity contribution < 1.29 is 9.53 Å². The molecular formula is C11H12N6O3. The van der Waals surface area contributed by atoms with Gasteiger partial charge in [-0.05, 0) is 12.1 Å². The molecular weight excluding hydrogens is 264 g/mol. The normalized spacial score (nSPS) is 10.2. The van der Waals surface area contributed by atoms with Crippen LogP contribution in [0.5, 0.6) is 5.75 Å². The van der Waals surface area contributed by atoms with Gasteiger partial charge in [-0.15, -0.1) is 0 Å². The van der Waals surface area contributed by atoms with Gasteiger partial charge in [-0.1, -0.05) is 0 Å². The van der Waals surface area contributed by atoms with Crippen LogP contribution < -0.4 is 21.3 Å². The van der Waals surface area contributed by atoms with Crippen molar-refractivity contribution in [3.05, 3.63) is 35.1 Å². The highest BCUT2D eigenvalue weighted by molar-refractivity contribution is 5.88. The SMILES string of the molecule is COc1cccnc1-n1cnc(N(N)C(C)=O)nc1=O. The second-order valence-corrected chi connectivity index (χ2v) is 3.73. The van der Waals surface area contributed by atoms with Crippen molar-refractivity contribution >= 4 is 11.9 Å². The number of pyridine rings is 1. The molecule has 2 aromatic rings. The topological polar surface area (TPSA) is 116 Å². The lowest BCUT2D eigenvalue weighted by molar-refractivity contribution is -0.116. The molecule has 0 aliphatic carbocycles. The molecule has 104 valence electrons. The Morgan fingerprint density at radius 1 is 1.45 bits per heavy atom. The second kappa shape index (κ2) is 5.45. The van der Waals surface area contributed by atoms with Crippen molar-refractivity contribution in [2.45, 2.75) is 6.92 Å². The van der Waals surface area contributed by atoms with Crippen molar-refractivity contribution in [1.29, 1.82) is 0 Å². The Balaban J connectivity index is 2.50. The lowest BCUT2D eigenvalue weighted by Gasteiger charge is -2.12. The summed E-state index contributed by atoms with van der Waals surface area (Å²) in [5.41, 5.74) is -0.677. The molecule has 9 heteroatoms. The van der Waals surface area contributed by atoms with Gasteiger partial charge in [0, 0.05) is 13.1 Å². The van der Waals surface area contributed by atoms with Crippen molar-refractivity contribution in [2.24, 2.45) is 5.84 Å². The molecule has 0 unspecified atom stereocenters. The molecule has 2 rings (SSSR count). The molecule has 2 heterocycles. The van der Waals surface area contributed by atoms with Gasteiger partial charge in [-0.3, -0.25) is 4.79 Å². The molecule has 0 fully saturated rings. The number of carbonyl (C=O) groups excluding carboxylic acids is 1. The highest BCUT2D eigenvalue weighted by Crippen LogP contribution is 2.17. The van der Waals surface area contributed by atoms with E-state index in [4.69, 9.17) is 10.6 Å². The molecule has 0 bridgehead atoms. The number of anilines is 1. The number of amides is 1. The maximum Gasteiger partial charge on any atom is 0.358 e. The number of carbonyl (C=O) groups is 1. The fourth-order valence-corrected chi connectivity index (χ4v) is 1.45. The van der Waals surface area contributed by atoms with Gasteiger partial charge in [0.2, 0.25) is 5.91 Å². The minimum atomic E-state index is -0.677. The molecule has 0 saturated heterocycles. The molecule has 0 radical (unpaired) electrons. The summed E-state index contributed by atoms with van der Waals surface area (Å²) in [4.78, 5) is 34.6. The van der Waals surface area contributed by atoms with Crippen molar-refractivity contribution in [2.75, 3.05) is 12.1 Å². The van der Waals surface area contributed by atoms with Crippen molar-refractivity contribution in [3.63, 3.8) is 0 Å². The van der Waals surface area contributed by atoms with Gasteiger partial charge in [0.25, 0.3) is 5.95 Å². The number of hydrazine groups is 1. The number of rotatable bonds is 3. The van der Waals surface area contributed by atoms with Crippen LogP contribution in [0.15, 0.2) is 29.5 Å². The van der Waals surface area contributed by atoms with Crippen LogP contribution in [-0.4, -0.2) is 32.5 Å². The predicted octanol–water partition coefficient (Wildman–Crippen LogP) is -0.742. The van der Waals surface area contributed by atoms with E-state index in [9.17, 15) is 9.59 Å². The zero-order chi connectivity index (χ0) is 14.7. The van der Waals surface area contributed by atoms with Crippen LogP contribution in [-0.2, 0) is 4.79 Å². The molecule has 0 saturated carbocycles. The summed E-state index contributed by atoms with van der Waals surface area (Å²) < 4.78 is 6.20. The van der Waals surface area contributed by atoms with E-state index < -0.39 is 11.6 Å². The van der Waals surface area contributed by atoms with E-state index in [1.807, 2.05) is 0 Å². The summed E-state index contributed by atoms with van der Waals surface area (Å²) >= 11 is 0. The zero-order valence-corrected chi connectivity index (χ0v) is 10.8. The van der Waals surface area contributed by atoms with Crippen LogP contribution >= 0.6 is 0 Å². The van der Waals surface area contributed by atoms with Crippen LogP contribution in [0.25, 0.3) is 5.82 Å². The van der Waals surface area contributed by atoms with Crippen LogP contribution in [0, 0.1) is 0 Å². The average Bonchev–Trinajstić information content (AvgIpc) is 2.46. The maximum absolute atomic E-state index is 12.0. The minimum Gasteiger partial charge on any atom is -0.493 e. The third kappa shape index (κ3) is 2.47. The molecule has 0 aliphatic heterocycles. The predicted molar refractivity (Wildman–Crippen MR) is 69.3 cm³/mol. The first kappa shape index (κ1) is 13.6. The Morgan fingerprint density at radius 3 is 2.80 bits per heavy atom. The first-order valence-corrected chi connectivity index (χ1v) is 5.55. The lowest BCUT2D eigenvalue weighted by atomic mass is 10.4. The third-order valence-corrected chi connectivity index (χ3v) is 2.44. The van der Waals surface area contributed by atoms with Crippen LogP contribution in [0.4, 0.5) is 5.95 Å². The Kier molecular flexibility index (Phi) is 3.71. The van der Waals surface area contributed by atoms with E-state index in [0.717, 1.165) is 4.57 Å². The average molecular weight is 276 g/mol. The number of hydrogen-bond donors (Lipinski definition) is 1. The summed E-state index contributed by atoms with van der Waals surface area (Å²) in [6.45, 7) is 1.23. The molecule has 0 aliphatic rings. The Labute approximate surface area is 113 Å². The highest BCUT2D eigenvalue weighted by Gasteiger charge is 2.14. The standard InChI is InChI=1S/C11H12N6O3/c1-7(18)17(12)10-14-6-16(11(19)15-10)9-8(20-2)4-3-5-13-9/h3-6H,12H2,1-2H3. The fraction of sp³-hybridized carbons (Fsp3) is 0.182. The molecule has 0 aromatic carbocycles. The summed E-state index contributed by atoms with van der Waals surface area (Å²) in [7, 11) is 1.46. The smallest absolute Gasteiger partial charge is 0.358 e. The van der Waals surface area contributed by atoms with E-state index >= 15 is 0 Å². The molecule has 2 aromatic heterocycles. The Morgan fingerprint density at radius 2 is 2.20 bits per heavy atom. The molecule has 0 spiro atoms. The van der Waals surface area contributed by atoms with Crippen molar-refractivity contribution in [3.8, 4) is 11.6 Å². The van der Waals surface area contributed by atoms with E-state index in [2.05, 4.69) is 15.0 Å². The Bertz CT molecular complexity index is 699. The monoisotopic (exact) mass is 276 g/mol. The van der Waals surface area contributed by atoms with E-state index in [0.29, 0.717) is 10.8 Å². The summed E-state index contributed by atoms with van der Waals surface area (Å²) in [6, 6.07) is 3.31. The Hall–Kier alpha value is -2.81. The maximum atomic E-state index is 12.0. The van der Waals surface area contributed by atoms with E-state index in [1.165, 1.54) is 26.6 Å². The van der Waals surface area contributed by atoms with Crippen LogP contribution in [0.1, 0.15) is 6.92 Å². The number of ether oxygens (including phenoxy) is 1. The largest absolute Gasteiger partial charge is 0.493 e. The molecule has 20 heavy (non-hydrogen) atoms. The van der Waals surface area contributed by atoms with Gasteiger partial charge in [-0.2, -0.15) is 4.98 Å². The summed E-state index contributed by atoms with van der Waals surface area (Å²) in [5.74, 6) is 5.39. The molecule has 1 amide bonds. The molecule has 9 nitrogen and oxygen atoms in total. The van der Waals surface area contributed by atoms with E-state index in [1.54, 1.807) is 12.1 Å². The number of nitrogens with two attached hydrogens (primary N) is 1. The molecule has 0 atom stereocenters. The summed E-state index contributed by atoms with van der Waals surface area (Å²) in [5, 5.41) is 0.682. The van der Waals surface area contributed by atoms with Gasteiger partial charge in [0.1, 0.15) is 6.33 Å². The van der Waals surface area contributed by atoms with Gasteiger partial charge < -0.3 is 4.74 Å². The number of hydrogen-bond acceptors (Lipinski definition) is 7.